The van der Waals surface area contributed by atoms with E-state index in [0.29, 0.717) is 22.4 Å². The summed E-state index contributed by atoms with van der Waals surface area (Å²) in [6, 6.07) is 27.7. The second-order valence-electron chi connectivity index (χ2n) is 10.3. The van der Waals surface area contributed by atoms with E-state index < -0.39 is 42.4 Å². The van der Waals surface area contributed by atoms with Gasteiger partial charge in [0.2, 0.25) is 0 Å². The van der Waals surface area contributed by atoms with Gasteiger partial charge in [-0.15, -0.1) is 0 Å². The number of amides is 3. The molecule has 7 N–H and O–H groups in total. The van der Waals surface area contributed by atoms with E-state index in [9.17, 15) is 29.4 Å². The van der Waals surface area contributed by atoms with E-state index in [1.165, 1.54) is 12.1 Å². The molecular weight excluding hydrogens is 608 g/mol. The lowest BCUT2D eigenvalue weighted by molar-refractivity contribution is -0.139. The van der Waals surface area contributed by atoms with E-state index in [1.54, 1.807) is 78.9 Å². The van der Waals surface area contributed by atoms with E-state index >= 15 is 0 Å². The lowest BCUT2D eigenvalue weighted by Gasteiger charge is -2.22. The number of nitrogens with two attached hydrogens (primary N) is 1. The Hall–Kier alpha value is -6.08. The minimum absolute atomic E-state index is 0.0216. The second kappa shape index (κ2) is 16.8. The fourth-order valence-corrected chi connectivity index (χ4v) is 4.39. The molecule has 4 aromatic carbocycles. The normalized spacial score (nSPS) is 12.4. The van der Waals surface area contributed by atoms with Gasteiger partial charge in [-0.05, 0) is 41.0 Å². The second-order valence-corrected chi connectivity index (χ2v) is 10.3. The molecule has 4 aromatic rings. The first-order chi connectivity index (χ1) is 22.7. The van der Waals surface area contributed by atoms with E-state index in [-0.39, 0.29) is 25.2 Å². The number of benzene rings is 4. The van der Waals surface area contributed by atoms with Gasteiger partial charge in [-0.25, -0.2) is 20.2 Å². The zero-order valence-corrected chi connectivity index (χ0v) is 25.1. The van der Waals surface area contributed by atoms with Crippen LogP contribution in [0.1, 0.15) is 28.5 Å². The largest absolute Gasteiger partial charge is 0.508 e. The summed E-state index contributed by atoms with van der Waals surface area (Å²) in [5.41, 5.74) is 4.52. The number of aromatic hydroxyl groups is 1. The number of alkyl carbamates (subject to hydrolysis) is 2. The first-order valence-electron chi connectivity index (χ1n) is 14.5. The van der Waals surface area contributed by atoms with Crippen molar-refractivity contribution in [2.75, 3.05) is 0 Å². The predicted octanol–water partition coefficient (Wildman–Crippen LogP) is 3.72. The van der Waals surface area contributed by atoms with Crippen molar-refractivity contribution in [2.45, 2.75) is 37.8 Å². The number of rotatable bonds is 14. The van der Waals surface area contributed by atoms with Crippen LogP contribution in [0.15, 0.2) is 109 Å². The highest BCUT2D eigenvalue weighted by Gasteiger charge is 2.26. The zero-order chi connectivity index (χ0) is 33.6. The highest BCUT2D eigenvalue weighted by Crippen LogP contribution is 2.24. The molecule has 0 aliphatic rings. The maximum atomic E-state index is 12.8. The third-order valence-electron chi connectivity index (χ3n) is 6.82. The summed E-state index contributed by atoms with van der Waals surface area (Å²) in [7, 11) is 0. The third kappa shape index (κ3) is 10.8. The maximum absolute atomic E-state index is 12.8. The number of carboxylic acids is 1. The Labute approximate surface area is 270 Å². The Kier molecular flexibility index (Phi) is 12.1. The van der Waals surface area contributed by atoms with Crippen molar-refractivity contribution in [1.29, 1.82) is 0 Å². The Bertz CT molecular complexity index is 1620. The Morgan fingerprint density at radius 3 is 1.83 bits per heavy atom. The third-order valence-corrected chi connectivity index (χ3v) is 6.82. The molecule has 0 aliphatic carbocycles. The highest BCUT2D eigenvalue weighted by atomic mass is 16.7. The molecule has 13 heteroatoms. The molecule has 1 unspecified atom stereocenters. The summed E-state index contributed by atoms with van der Waals surface area (Å²) in [4.78, 5) is 49.5. The van der Waals surface area contributed by atoms with Crippen molar-refractivity contribution < 1.29 is 43.6 Å². The fraction of sp³-hybridized carbons (Fsp3) is 0.176. The predicted molar refractivity (Wildman–Crippen MR) is 169 cm³/mol. The fourth-order valence-electron chi connectivity index (χ4n) is 4.39. The SMILES string of the molecule is NNC(=O)[C@H](Cc1ccc(OC(OC(=O)N[C@@H](Cc2ccc(O)cc2)C(=O)O)c2ccccc2)cc1)NC(=O)OCc1ccccc1. The standard InChI is InChI=1S/C34H34N4O9/c35-38-30(40)28(36-33(43)45-21-24-7-3-1-4-8-24)19-23-13-17-27(18-14-23)46-32(25-9-5-2-6-10-25)47-34(44)37-29(31(41)42)20-22-11-15-26(39)16-12-22/h1-18,28-29,32,39H,19-21,35H2,(H,36,43)(H,37,44)(H,38,40)(H,41,42)/t28-,29-,32?/m0/s1. The molecule has 0 saturated heterocycles. The summed E-state index contributed by atoms with van der Waals surface area (Å²) in [5.74, 6) is 3.75. The van der Waals surface area contributed by atoms with Gasteiger partial charge in [0, 0.05) is 18.4 Å². The van der Waals surface area contributed by atoms with Crippen LogP contribution in [0.3, 0.4) is 0 Å². The summed E-state index contributed by atoms with van der Waals surface area (Å²) in [6.07, 6.45) is -3.05. The Balaban J connectivity index is 1.39. The number of hydrogen-bond acceptors (Lipinski definition) is 9. The molecule has 3 atom stereocenters. The molecule has 3 amide bonds. The minimum atomic E-state index is -1.31. The average molecular weight is 643 g/mol. The molecule has 0 fully saturated rings. The van der Waals surface area contributed by atoms with Gasteiger partial charge >= 0.3 is 18.2 Å². The summed E-state index contributed by atoms with van der Waals surface area (Å²) in [5, 5.41) is 24.0. The molecule has 0 aliphatic heterocycles. The lowest BCUT2D eigenvalue weighted by atomic mass is 10.1. The number of carbonyl (C=O) groups excluding carboxylic acids is 3. The lowest BCUT2D eigenvalue weighted by Crippen LogP contribution is -2.50. The molecule has 0 bridgehead atoms. The first-order valence-corrected chi connectivity index (χ1v) is 14.5. The Morgan fingerprint density at radius 1 is 0.681 bits per heavy atom. The van der Waals surface area contributed by atoms with Gasteiger partial charge in [0.05, 0.1) is 0 Å². The van der Waals surface area contributed by atoms with Gasteiger partial charge < -0.3 is 35.1 Å². The van der Waals surface area contributed by atoms with Crippen LogP contribution >= 0.6 is 0 Å². The van der Waals surface area contributed by atoms with Crippen molar-refractivity contribution in [3.8, 4) is 11.5 Å². The number of hydrogen-bond donors (Lipinski definition) is 6. The number of carbonyl (C=O) groups is 4. The van der Waals surface area contributed by atoms with Gasteiger partial charge in [0.25, 0.3) is 12.2 Å². The molecule has 4 rings (SSSR count). The number of nitrogens with one attached hydrogen (secondary N) is 3. The molecule has 0 aromatic heterocycles. The van der Waals surface area contributed by atoms with Crippen LogP contribution in [0.25, 0.3) is 0 Å². The van der Waals surface area contributed by atoms with E-state index in [1.807, 2.05) is 23.6 Å². The monoisotopic (exact) mass is 642 g/mol. The van der Waals surface area contributed by atoms with Crippen molar-refractivity contribution >= 4 is 24.1 Å². The van der Waals surface area contributed by atoms with Crippen LogP contribution < -0.4 is 26.6 Å². The smallest absolute Gasteiger partial charge is 0.411 e. The zero-order valence-electron chi connectivity index (χ0n) is 25.1. The van der Waals surface area contributed by atoms with Crippen molar-refractivity contribution in [3.05, 3.63) is 131 Å². The van der Waals surface area contributed by atoms with E-state index in [4.69, 9.17) is 20.1 Å². The van der Waals surface area contributed by atoms with Crippen LogP contribution in [0, 0.1) is 0 Å². The highest BCUT2D eigenvalue weighted by molar-refractivity contribution is 5.85. The van der Waals surface area contributed by atoms with Crippen LogP contribution in [0.5, 0.6) is 11.5 Å². The molecule has 0 radical (unpaired) electrons. The number of carboxylic acid groups (broad SMARTS) is 1. The van der Waals surface area contributed by atoms with Gasteiger partial charge in [0.1, 0.15) is 30.2 Å². The minimum Gasteiger partial charge on any atom is -0.508 e. The molecule has 13 nitrogen and oxygen atoms in total. The molecule has 0 heterocycles. The average Bonchev–Trinajstić information content (AvgIpc) is 3.08. The number of hydrazine groups is 1. The van der Waals surface area contributed by atoms with Crippen LogP contribution in [-0.4, -0.2) is 46.4 Å². The number of aliphatic carboxylic acids is 1. The molecule has 0 spiro atoms. The summed E-state index contributed by atoms with van der Waals surface area (Å²) in [6.45, 7) is 0.0216. The number of phenols is 1. The molecule has 0 saturated carbocycles. The van der Waals surface area contributed by atoms with Crippen LogP contribution in [0.2, 0.25) is 0 Å². The molecular formula is C34H34N4O9. The first kappa shape index (κ1) is 33.8. The topological polar surface area (TPSA) is 199 Å². The van der Waals surface area contributed by atoms with Gasteiger partial charge in [-0.1, -0.05) is 84.9 Å². The van der Waals surface area contributed by atoms with E-state index in [0.717, 1.165) is 5.56 Å². The van der Waals surface area contributed by atoms with Crippen molar-refractivity contribution in [2.24, 2.45) is 5.84 Å². The Morgan fingerprint density at radius 2 is 1.23 bits per heavy atom. The summed E-state index contributed by atoms with van der Waals surface area (Å²) < 4.78 is 16.7. The van der Waals surface area contributed by atoms with Gasteiger partial charge in [-0.3, -0.25) is 10.2 Å². The molecule has 244 valence electrons. The number of phenolic OH excluding ortho intramolecular Hbond substituents is 1. The molecule has 47 heavy (non-hydrogen) atoms. The number of ether oxygens (including phenoxy) is 3. The quantitative estimate of drug-likeness (QED) is 0.0510. The van der Waals surface area contributed by atoms with Gasteiger partial charge in [-0.2, -0.15) is 0 Å². The van der Waals surface area contributed by atoms with Crippen molar-refractivity contribution in [1.82, 2.24) is 16.1 Å². The van der Waals surface area contributed by atoms with Crippen LogP contribution in [-0.2, 0) is 38.5 Å². The van der Waals surface area contributed by atoms with Crippen molar-refractivity contribution in [3.63, 3.8) is 0 Å². The van der Waals surface area contributed by atoms with E-state index in [2.05, 4.69) is 10.6 Å². The van der Waals surface area contributed by atoms with Crippen LogP contribution in [0.4, 0.5) is 9.59 Å². The summed E-state index contributed by atoms with van der Waals surface area (Å²) >= 11 is 0. The maximum Gasteiger partial charge on any atom is 0.411 e. The van der Waals surface area contributed by atoms with Gasteiger partial charge in [0.15, 0.2) is 0 Å².